The highest BCUT2D eigenvalue weighted by atomic mass is 79.9. The topological polar surface area (TPSA) is 66.4 Å². The van der Waals surface area contributed by atoms with E-state index in [1.807, 2.05) is 6.26 Å². The number of hydrogen-bond acceptors (Lipinski definition) is 3. The van der Waals surface area contributed by atoms with Crippen LogP contribution in [-0.4, -0.2) is 35.0 Å². The molecule has 1 aromatic rings. The molecule has 0 saturated heterocycles. The van der Waals surface area contributed by atoms with Crippen LogP contribution in [0.15, 0.2) is 22.7 Å². The number of aliphatic carboxylic acids is 1. The van der Waals surface area contributed by atoms with Gasteiger partial charge in [0.05, 0.1) is 5.56 Å². The molecule has 0 aromatic heterocycles. The first-order valence-electron chi connectivity index (χ1n) is 5.44. The van der Waals surface area contributed by atoms with Gasteiger partial charge in [-0.15, -0.1) is 0 Å². The normalized spacial score (nSPS) is 11.9. The van der Waals surface area contributed by atoms with Gasteiger partial charge < -0.3 is 10.4 Å². The third-order valence-electron chi connectivity index (χ3n) is 2.40. The van der Waals surface area contributed by atoms with Gasteiger partial charge in [0.2, 0.25) is 0 Å². The van der Waals surface area contributed by atoms with Crippen LogP contribution in [0.4, 0.5) is 4.39 Å². The summed E-state index contributed by atoms with van der Waals surface area (Å²) in [5.41, 5.74) is -0.182. The van der Waals surface area contributed by atoms with Crippen molar-refractivity contribution in [3.8, 4) is 0 Å². The minimum atomic E-state index is -1.13. The van der Waals surface area contributed by atoms with Crippen molar-refractivity contribution in [2.24, 2.45) is 0 Å². The van der Waals surface area contributed by atoms with E-state index < -0.39 is 23.7 Å². The van der Waals surface area contributed by atoms with Crippen LogP contribution < -0.4 is 5.32 Å². The van der Waals surface area contributed by atoms with Crippen molar-refractivity contribution in [1.29, 1.82) is 0 Å². The molecule has 0 fully saturated rings. The zero-order valence-electron chi connectivity index (χ0n) is 10.2. The van der Waals surface area contributed by atoms with Crippen LogP contribution in [-0.2, 0) is 4.79 Å². The molecule has 0 bridgehead atoms. The van der Waals surface area contributed by atoms with Gasteiger partial charge >= 0.3 is 5.97 Å². The molecule has 7 heteroatoms. The van der Waals surface area contributed by atoms with Gasteiger partial charge in [-0.05, 0) is 46.5 Å². The van der Waals surface area contributed by atoms with E-state index in [1.165, 1.54) is 23.9 Å². The Bertz CT molecular complexity index is 464. The summed E-state index contributed by atoms with van der Waals surface area (Å²) >= 11 is 4.55. The average molecular weight is 350 g/mol. The lowest BCUT2D eigenvalue weighted by Crippen LogP contribution is -2.41. The fourth-order valence-corrected chi connectivity index (χ4v) is 2.43. The lowest BCUT2D eigenvalue weighted by molar-refractivity contribution is -0.139. The number of hydrogen-bond donors (Lipinski definition) is 2. The summed E-state index contributed by atoms with van der Waals surface area (Å²) in [5.74, 6) is -1.97. The number of carbonyl (C=O) groups is 2. The second-order valence-corrected chi connectivity index (χ2v) is 5.58. The predicted molar refractivity (Wildman–Crippen MR) is 76.0 cm³/mol. The van der Waals surface area contributed by atoms with Crippen LogP contribution in [0.5, 0.6) is 0 Å². The van der Waals surface area contributed by atoms with Gasteiger partial charge in [-0.1, -0.05) is 6.07 Å². The minimum absolute atomic E-state index is 0.182. The van der Waals surface area contributed by atoms with Gasteiger partial charge in [0.1, 0.15) is 11.9 Å². The van der Waals surface area contributed by atoms with Crippen LogP contribution in [0.2, 0.25) is 0 Å². The Balaban J connectivity index is 2.85. The molecule has 1 amide bonds. The maximum atomic E-state index is 13.6. The van der Waals surface area contributed by atoms with Gasteiger partial charge in [0.25, 0.3) is 5.91 Å². The zero-order chi connectivity index (χ0) is 14.4. The molecule has 4 nitrogen and oxygen atoms in total. The van der Waals surface area contributed by atoms with E-state index in [-0.39, 0.29) is 12.0 Å². The Morgan fingerprint density at radius 2 is 2.21 bits per heavy atom. The van der Waals surface area contributed by atoms with Crippen molar-refractivity contribution in [1.82, 2.24) is 5.32 Å². The summed E-state index contributed by atoms with van der Waals surface area (Å²) in [4.78, 5) is 22.9. The summed E-state index contributed by atoms with van der Waals surface area (Å²) < 4.78 is 13.9. The number of amides is 1. The van der Waals surface area contributed by atoms with Crippen LogP contribution in [0.1, 0.15) is 16.8 Å². The number of carboxylic acid groups (broad SMARTS) is 1. The van der Waals surface area contributed by atoms with Gasteiger partial charge in [0, 0.05) is 4.47 Å². The Kier molecular flexibility index (Phi) is 6.30. The van der Waals surface area contributed by atoms with E-state index in [0.29, 0.717) is 10.2 Å². The highest BCUT2D eigenvalue weighted by Gasteiger charge is 2.23. The molecular formula is C12H13BrFNO3S. The third-order valence-corrected chi connectivity index (χ3v) is 3.71. The van der Waals surface area contributed by atoms with Crippen molar-refractivity contribution >= 4 is 39.6 Å². The molecule has 1 rings (SSSR count). The fourth-order valence-electron chi connectivity index (χ4n) is 1.44. The number of halogens is 2. The van der Waals surface area contributed by atoms with E-state index in [9.17, 15) is 14.0 Å². The number of rotatable bonds is 6. The molecule has 0 heterocycles. The fraction of sp³-hybridized carbons (Fsp3) is 0.333. The van der Waals surface area contributed by atoms with Crippen LogP contribution >= 0.6 is 27.7 Å². The molecule has 1 unspecified atom stereocenters. The molecule has 104 valence electrons. The molecule has 0 saturated carbocycles. The Labute approximate surface area is 122 Å². The summed E-state index contributed by atoms with van der Waals surface area (Å²) in [5, 5.41) is 11.3. The number of carbonyl (C=O) groups excluding carboxylic acids is 1. The van der Waals surface area contributed by atoms with Crippen molar-refractivity contribution in [2.75, 3.05) is 12.0 Å². The van der Waals surface area contributed by atoms with Crippen molar-refractivity contribution in [2.45, 2.75) is 12.5 Å². The second kappa shape index (κ2) is 7.49. The monoisotopic (exact) mass is 349 g/mol. The highest BCUT2D eigenvalue weighted by Crippen LogP contribution is 2.19. The summed E-state index contributed by atoms with van der Waals surface area (Å²) in [6.07, 6.45) is 2.13. The quantitative estimate of drug-likeness (QED) is 0.828. The van der Waals surface area contributed by atoms with E-state index in [2.05, 4.69) is 21.2 Å². The predicted octanol–water partition coefficient (Wildman–Crippen LogP) is 2.52. The Morgan fingerprint density at radius 3 is 2.74 bits per heavy atom. The minimum Gasteiger partial charge on any atom is -0.480 e. The first-order chi connectivity index (χ1) is 8.97. The Morgan fingerprint density at radius 1 is 1.53 bits per heavy atom. The van der Waals surface area contributed by atoms with Crippen molar-refractivity contribution < 1.29 is 19.1 Å². The molecule has 0 aliphatic heterocycles. The number of benzene rings is 1. The molecule has 2 N–H and O–H groups in total. The molecule has 0 radical (unpaired) electrons. The van der Waals surface area contributed by atoms with Gasteiger partial charge in [-0.3, -0.25) is 4.79 Å². The highest BCUT2D eigenvalue weighted by molar-refractivity contribution is 9.10. The number of carboxylic acids is 1. The largest absolute Gasteiger partial charge is 0.480 e. The summed E-state index contributed by atoms with van der Waals surface area (Å²) in [6, 6.07) is 3.11. The molecule has 19 heavy (non-hydrogen) atoms. The molecule has 0 spiro atoms. The number of thioether (sulfide) groups is 1. The van der Waals surface area contributed by atoms with E-state index in [1.54, 1.807) is 0 Å². The number of nitrogens with one attached hydrogen (secondary N) is 1. The van der Waals surface area contributed by atoms with E-state index in [4.69, 9.17) is 5.11 Å². The molecule has 1 atom stereocenters. The summed E-state index contributed by atoms with van der Waals surface area (Å²) in [7, 11) is 0. The van der Waals surface area contributed by atoms with Crippen LogP contribution in [0.3, 0.4) is 0 Å². The van der Waals surface area contributed by atoms with E-state index >= 15 is 0 Å². The Hall–Kier alpha value is -1.08. The maximum Gasteiger partial charge on any atom is 0.326 e. The first-order valence-corrected chi connectivity index (χ1v) is 7.62. The van der Waals surface area contributed by atoms with Crippen LogP contribution in [0.25, 0.3) is 0 Å². The van der Waals surface area contributed by atoms with Gasteiger partial charge in [-0.25, -0.2) is 9.18 Å². The van der Waals surface area contributed by atoms with E-state index in [0.717, 1.165) is 6.07 Å². The van der Waals surface area contributed by atoms with Crippen molar-refractivity contribution in [3.05, 3.63) is 34.1 Å². The van der Waals surface area contributed by atoms with Crippen LogP contribution in [0, 0.1) is 5.82 Å². The van der Waals surface area contributed by atoms with Gasteiger partial charge in [0.15, 0.2) is 0 Å². The standard InChI is InChI=1S/C12H13BrFNO3S/c1-19-6-5-9(12(17)18)15-11(16)10-7(13)3-2-4-8(10)14/h2-4,9H,5-6H2,1H3,(H,15,16)(H,17,18). The smallest absolute Gasteiger partial charge is 0.326 e. The molecule has 0 aliphatic carbocycles. The second-order valence-electron chi connectivity index (χ2n) is 3.74. The molecule has 1 aromatic carbocycles. The lowest BCUT2D eigenvalue weighted by atomic mass is 10.1. The lowest BCUT2D eigenvalue weighted by Gasteiger charge is -2.14. The SMILES string of the molecule is CSCCC(NC(=O)c1c(F)cccc1Br)C(=O)O. The average Bonchev–Trinajstić information content (AvgIpc) is 2.33. The molecule has 0 aliphatic rings. The molecular weight excluding hydrogens is 337 g/mol. The third kappa shape index (κ3) is 4.50. The van der Waals surface area contributed by atoms with Gasteiger partial charge in [-0.2, -0.15) is 11.8 Å². The first kappa shape index (κ1) is 16.0. The van der Waals surface area contributed by atoms with Crippen molar-refractivity contribution in [3.63, 3.8) is 0 Å². The maximum absolute atomic E-state index is 13.6. The summed E-state index contributed by atoms with van der Waals surface area (Å²) in [6.45, 7) is 0. The zero-order valence-corrected chi connectivity index (χ0v) is 12.6.